The average Bonchev–Trinajstić information content (AvgIpc) is 2.61. The minimum Gasteiger partial charge on any atom is -1.00 e. The van der Waals surface area contributed by atoms with E-state index in [-0.39, 0.29) is 12.4 Å². The van der Waals surface area contributed by atoms with E-state index in [9.17, 15) is 0 Å². The molecule has 0 heterocycles. The van der Waals surface area contributed by atoms with Gasteiger partial charge >= 0.3 is 8.48 Å². The molecule has 27 heavy (non-hydrogen) atoms. The molecule has 0 saturated heterocycles. The molecular formula is C23H52ClNOSi. The molecule has 166 valence electrons. The summed E-state index contributed by atoms with van der Waals surface area (Å²) in [5.74, 6) is 0. The minimum atomic E-state index is -1.58. The Morgan fingerprint density at radius 1 is 0.593 bits per heavy atom. The minimum absolute atomic E-state index is 0. The van der Waals surface area contributed by atoms with Gasteiger partial charge in [-0.3, -0.25) is 0 Å². The van der Waals surface area contributed by atoms with Gasteiger partial charge < -0.3 is 21.0 Å². The fourth-order valence-electron chi connectivity index (χ4n) is 3.57. The van der Waals surface area contributed by atoms with Crippen molar-refractivity contribution in [2.75, 3.05) is 27.7 Å². The Kier molecular flexibility index (Phi) is 20.3. The molecule has 0 aliphatic heterocycles. The van der Waals surface area contributed by atoms with Crippen LogP contribution in [0.4, 0.5) is 0 Å². The Bertz CT molecular complexity index is 311. The van der Waals surface area contributed by atoms with Crippen molar-refractivity contribution in [3.8, 4) is 0 Å². The van der Waals surface area contributed by atoms with Gasteiger partial charge in [-0.25, -0.2) is 0 Å². The number of rotatable bonds is 19. The van der Waals surface area contributed by atoms with Gasteiger partial charge in [0.05, 0.1) is 20.6 Å². The van der Waals surface area contributed by atoms with Gasteiger partial charge in [0.15, 0.2) is 0 Å². The van der Waals surface area contributed by atoms with E-state index >= 15 is 0 Å². The van der Waals surface area contributed by atoms with E-state index in [0.29, 0.717) is 0 Å². The molecule has 2 nitrogen and oxygen atoms in total. The normalized spacial score (nSPS) is 12.2. The van der Waals surface area contributed by atoms with E-state index in [1.807, 2.05) is 7.11 Å². The highest BCUT2D eigenvalue weighted by Crippen LogP contribution is 2.19. The molecule has 0 saturated carbocycles. The molecule has 4 heteroatoms. The Morgan fingerprint density at radius 2 is 0.889 bits per heavy atom. The van der Waals surface area contributed by atoms with E-state index in [1.165, 1.54) is 109 Å². The summed E-state index contributed by atoms with van der Waals surface area (Å²) in [6.07, 6.45) is 23.1. The van der Waals surface area contributed by atoms with Crippen molar-refractivity contribution in [1.29, 1.82) is 0 Å². The van der Waals surface area contributed by atoms with Crippen molar-refractivity contribution in [1.82, 2.24) is 0 Å². The van der Waals surface area contributed by atoms with Gasteiger partial charge in [-0.05, 0) is 12.8 Å². The molecule has 0 unspecified atom stereocenters. The van der Waals surface area contributed by atoms with Crippen LogP contribution < -0.4 is 12.4 Å². The summed E-state index contributed by atoms with van der Waals surface area (Å²) in [6, 6.07) is 0. The first-order valence-electron chi connectivity index (χ1n) is 11.8. The maximum atomic E-state index is 5.79. The fourth-order valence-corrected chi connectivity index (χ4v) is 4.76. The first-order chi connectivity index (χ1) is 12.4. The number of hydrogen-bond donors (Lipinski definition) is 0. The van der Waals surface area contributed by atoms with E-state index in [0.717, 1.165) is 4.15 Å². The van der Waals surface area contributed by atoms with Gasteiger partial charge in [-0.15, -0.1) is 0 Å². The van der Waals surface area contributed by atoms with Gasteiger partial charge in [0.2, 0.25) is 0 Å². The molecule has 0 fully saturated rings. The third-order valence-electron chi connectivity index (χ3n) is 6.53. The second-order valence-corrected chi connectivity index (χ2v) is 13.9. The van der Waals surface area contributed by atoms with Crippen LogP contribution in [0.3, 0.4) is 0 Å². The topological polar surface area (TPSA) is 9.23 Å². The Morgan fingerprint density at radius 3 is 1.19 bits per heavy atom. The van der Waals surface area contributed by atoms with Crippen molar-refractivity contribution < 1.29 is 21.0 Å². The number of halogens is 1. The molecule has 0 aromatic rings. The highest BCUT2D eigenvalue weighted by Gasteiger charge is 2.42. The average molecular weight is 422 g/mol. The van der Waals surface area contributed by atoms with E-state index in [4.69, 9.17) is 4.43 Å². The molecule has 0 bridgehead atoms. The zero-order valence-electron chi connectivity index (χ0n) is 19.8. The number of quaternary nitrogens is 1. The molecule has 0 amide bonds. The summed E-state index contributed by atoms with van der Waals surface area (Å²) in [7, 11) is 5.01. The van der Waals surface area contributed by atoms with Gasteiger partial charge in [0.25, 0.3) is 0 Å². The second kappa shape index (κ2) is 18.5. The summed E-state index contributed by atoms with van der Waals surface area (Å²) in [5, 5.41) is 0. The maximum absolute atomic E-state index is 5.79. The lowest BCUT2D eigenvalue weighted by molar-refractivity contribution is -0.799. The van der Waals surface area contributed by atoms with Crippen LogP contribution in [0.5, 0.6) is 0 Å². The van der Waals surface area contributed by atoms with E-state index < -0.39 is 8.48 Å². The molecule has 0 aromatic heterocycles. The number of nitrogens with zero attached hydrogens (tertiary/aromatic N) is 1. The molecule has 0 radical (unpaired) electrons. The molecular weight excluding hydrogens is 370 g/mol. The maximum Gasteiger partial charge on any atom is 0.429 e. The predicted octanol–water partition coefficient (Wildman–Crippen LogP) is 4.68. The summed E-state index contributed by atoms with van der Waals surface area (Å²) >= 11 is 0. The quantitative estimate of drug-likeness (QED) is 0.217. The lowest BCUT2D eigenvalue weighted by atomic mass is 10.0. The van der Waals surface area contributed by atoms with Gasteiger partial charge in [0, 0.05) is 20.2 Å². The number of hydrogen-bond acceptors (Lipinski definition) is 1. The lowest BCUT2D eigenvalue weighted by Crippen LogP contribution is -3.00. The smallest absolute Gasteiger partial charge is 0.429 e. The molecule has 0 aliphatic rings. The third-order valence-corrected chi connectivity index (χ3v) is 10.7. The SMILES string of the molecule is CCCCCCCCCCCCCCCCCC[N+](C)(C)[Si](C)(C)OC.[Cl-]. The van der Waals surface area contributed by atoms with Crippen molar-refractivity contribution in [2.24, 2.45) is 0 Å². The van der Waals surface area contributed by atoms with Gasteiger partial charge in [0.1, 0.15) is 0 Å². The van der Waals surface area contributed by atoms with Crippen molar-refractivity contribution in [3.63, 3.8) is 0 Å². The predicted molar refractivity (Wildman–Crippen MR) is 121 cm³/mol. The summed E-state index contributed by atoms with van der Waals surface area (Å²) in [5.41, 5.74) is 0. The summed E-state index contributed by atoms with van der Waals surface area (Å²) in [6.45, 7) is 8.23. The molecule has 0 N–H and O–H groups in total. The Hall–Kier alpha value is 0.427. The first-order valence-corrected chi connectivity index (χ1v) is 14.6. The van der Waals surface area contributed by atoms with Gasteiger partial charge in [-0.2, -0.15) is 0 Å². The van der Waals surface area contributed by atoms with Crippen LogP contribution in [-0.4, -0.2) is 40.4 Å². The van der Waals surface area contributed by atoms with Crippen LogP contribution in [0.15, 0.2) is 0 Å². The van der Waals surface area contributed by atoms with E-state index in [1.54, 1.807) is 0 Å². The van der Waals surface area contributed by atoms with Crippen molar-refractivity contribution in [3.05, 3.63) is 0 Å². The molecule has 0 atom stereocenters. The highest BCUT2D eigenvalue weighted by molar-refractivity contribution is 6.63. The Balaban J connectivity index is 0. The highest BCUT2D eigenvalue weighted by atomic mass is 35.5. The molecule has 0 spiro atoms. The molecule has 0 rings (SSSR count). The lowest BCUT2D eigenvalue weighted by Gasteiger charge is -2.41. The standard InChI is InChI=1S/C23H52NOSi.ClH/c1-7-8-9-10-11-12-13-14-15-16-17-18-19-20-21-22-23-24(2,3)26(5,6)25-4;/h7-23H2,1-6H3;1H/q+1;/p-1. The van der Waals surface area contributed by atoms with Crippen LogP contribution in [0, 0.1) is 0 Å². The van der Waals surface area contributed by atoms with Crippen LogP contribution in [0.1, 0.15) is 110 Å². The molecule has 0 aliphatic carbocycles. The van der Waals surface area contributed by atoms with Crippen LogP contribution >= 0.6 is 0 Å². The summed E-state index contributed by atoms with van der Waals surface area (Å²) in [4.78, 5) is 0. The fraction of sp³-hybridized carbons (Fsp3) is 1.00. The monoisotopic (exact) mass is 421 g/mol. The van der Waals surface area contributed by atoms with Crippen molar-refractivity contribution in [2.45, 2.75) is 123 Å². The van der Waals surface area contributed by atoms with Crippen LogP contribution in [0.2, 0.25) is 13.1 Å². The van der Waals surface area contributed by atoms with Crippen molar-refractivity contribution >= 4 is 8.48 Å². The zero-order valence-corrected chi connectivity index (χ0v) is 21.5. The largest absolute Gasteiger partial charge is 1.00 e. The van der Waals surface area contributed by atoms with Crippen LogP contribution in [-0.2, 0) is 4.43 Å². The first kappa shape index (κ1) is 29.6. The summed E-state index contributed by atoms with van der Waals surface area (Å²) < 4.78 is 6.88. The van der Waals surface area contributed by atoms with Gasteiger partial charge in [-0.1, -0.05) is 96.8 Å². The Labute approximate surface area is 180 Å². The third kappa shape index (κ3) is 16.0. The zero-order chi connectivity index (χ0) is 19.7. The van der Waals surface area contributed by atoms with Crippen LogP contribution in [0.25, 0.3) is 0 Å². The number of unbranched alkanes of at least 4 members (excludes halogenated alkanes) is 15. The van der Waals surface area contributed by atoms with E-state index in [2.05, 4.69) is 34.1 Å². The molecule has 0 aromatic carbocycles. The second-order valence-electron chi connectivity index (χ2n) is 9.36.